The summed E-state index contributed by atoms with van der Waals surface area (Å²) in [5.41, 5.74) is 0.906. The molecule has 0 saturated heterocycles. The van der Waals surface area contributed by atoms with E-state index in [0.29, 0.717) is 25.0 Å². The molecule has 0 aromatic heterocycles. The number of hydrogen-bond acceptors (Lipinski definition) is 7. The highest BCUT2D eigenvalue weighted by Gasteiger charge is 2.20. The van der Waals surface area contributed by atoms with Gasteiger partial charge in [-0.05, 0) is 49.0 Å². The maximum absolute atomic E-state index is 11.8. The second-order valence-electron chi connectivity index (χ2n) is 5.01. The van der Waals surface area contributed by atoms with E-state index in [1.54, 1.807) is 24.3 Å². The SMILES string of the molecule is CSCCC(NC(=O)Oc1ccc(CCCO[N+](=O)[O-])cc1)C(=O)O. The third-order valence-corrected chi connectivity index (χ3v) is 3.79. The van der Waals surface area contributed by atoms with E-state index >= 15 is 0 Å². The largest absolute Gasteiger partial charge is 0.480 e. The first-order valence-corrected chi connectivity index (χ1v) is 8.88. The Morgan fingerprint density at radius 3 is 2.60 bits per heavy atom. The molecule has 0 spiro atoms. The van der Waals surface area contributed by atoms with Crippen molar-refractivity contribution in [3.8, 4) is 5.75 Å². The van der Waals surface area contributed by atoms with Crippen LogP contribution in [0.1, 0.15) is 18.4 Å². The van der Waals surface area contributed by atoms with E-state index in [-0.39, 0.29) is 12.4 Å². The lowest BCUT2D eigenvalue weighted by molar-refractivity contribution is -0.757. The van der Waals surface area contributed by atoms with Crippen LogP contribution in [0.25, 0.3) is 0 Å². The molecule has 1 amide bonds. The number of carboxylic acids is 1. The highest BCUT2D eigenvalue weighted by atomic mass is 32.2. The van der Waals surface area contributed by atoms with Crippen LogP contribution in [0.15, 0.2) is 24.3 Å². The van der Waals surface area contributed by atoms with E-state index in [1.165, 1.54) is 11.8 Å². The van der Waals surface area contributed by atoms with Crippen molar-refractivity contribution < 1.29 is 29.4 Å². The molecule has 0 heterocycles. The van der Waals surface area contributed by atoms with Crippen molar-refractivity contribution in [3.63, 3.8) is 0 Å². The Hall–Kier alpha value is -2.49. The monoisotopic (exact) mass is 372 g/mol. The molecular formula is C15H20N2O7S. The predicted octanol–water partition coefficient (Wildman–Crippen LogP) is 2.12. The first-order chi connectivity index (χ1) is 11.9. The highest BCUT2D eigenvalue weighted by molar-refractivity contribution is 7.98. The third kappa shape index (κ3) is 8.80. The van der Waals surface area contributed by atoms with E-state index in [2.05, 4.69) is 10.2 Å². The molecule has 10 heteroatoms. The summed E-state index contributed by atoms with van der Waals surface area (Å²) in [4.78, 5) is 37.1. The number of carbonyl (C=O) groups excluding carboxylic acids is 1. The molecule has 1 unspecified atom stereocenters. The van der Waals surface area contributed by atoms with Gasteiger partial charge in [0.05, 0.1) is 6.61 Å². The van der Waals surface area contributed by atoms with Crippen molar-refractivity contribution >= 4 is 23.8 Å². The van der Waals surface area contributed by atoms with Gasteiger partial charge in [-0.1, -0.05) is 12.1 Å². The zero-order valence-corrected chi connectivity index (χ0v) is 14.5. The molecule has 138 valence electrons. The number of carboxylic acid groups (broad SMARTS) is 1. The molecule has 0 fully saturated rings. The summed E-state index contributed by atoms with van der Waals surface area (Å²) < 4.78 is 5.05. The summed E-state index contributed by atoms with van der Waals surface area (Å²) >= 11 is 1.49. The van der Waals surface area contributed by atoms with E-state index < -0.39 is 23.2 Å². The predicted molar refractivity (Wildman–Crippen MR) is 91.3 cm³/mol. The number of ether oxygens (including phenoxy) is 1. The Kier molecular flexibility index (Phi) is 9.15. The standard InChI is InChI=1S/C15H20N2O7S/c1-25-10-8-13(14(18)19)16-15(20)24-12-6-4-11(5-7-12)3-2-9-23-17(21)22/h4-7,13H,2-3,8-10H2,1H3,(H,16,20)(H,18,19). The molecule has 1 aromatic carbocycles. The summed E-state index contributed by atoms with van der Waals surface area (Å²) in [5, 5.41) is 20.6. The molecule has 0 aliphatic carbocycles. The number of thioether (sulfide) groups is 1. The summed E-state index contributed by atoms with van der Waals surface area (Å²) in [6.45, 7) is 0.0142. The van der Waals surface area contributed by atoms with Crippen LogP contribution < -0.4 is 10.1 Å². The highest BCUT2D eigenvalue weighted by Crippen LogP contribution is 2.14. The van der Waals surface area contributed by atoms with Gasteiger partial charge in [-0.3, -0.25) is 0 Å². The molecule has 2 N–H and O–H groups in total. The molecule has 0 aliphatic heterocycles. The molecule has 0 saturated carbocycles. The Bertz CT molecular complexity index is 580. The van der Waals surface area contributed by atoms with Crippen molar-refractivity contribution in [3.05, 3.63) is 39.9 Å². The number of aryl methyl sites for hydroxylation is 1. The fourth-order valence-corrected chi connectivity index (χ4v) is 2.38. The number of carbonyl (C=O) groups is 2. The summed E-state index contributed by atoms with van der Waals surface area (Å²) in [6.07, 6.45) is 2.38. The van der Waals surface area contributed by atoms with Gasteiger partial charge in [-0.15, -0.1) is 10.1 Å². The summed E-state index contributed by atoms with van der Waals surface area (Å²) in [5.74, 6) is -0.235. The number of amides is 1. The van der Waals surface area contributed by atoms with Crippen LogP contribution >= 0.6 is 11.8 Å². The lowest BCUT2D eigenvalue weighted by Gasteiger charge is -2.14. The minimum absolute atomic E-state index is 0.0142. The van der Waals surface area contributed by atoms with Crippen molar-refractivity contribution in [2.75, 3.05) is 18.6 Å². The fourth-order valence-electron chi connectivity index (χ4n) is 1.91. The first-order valence-electron chi connectivity index (χ1n) is 7.48. The van der Waals surface area contributed by atoms with Crippen LogP contribution in [0, 0.1) is 10.1 Å². The first kappa shape index (κ1) is 20.6. The van der Waals surface area contributed by atoms with E-state index in [0.717, 1.165) is 5.56 Å². The van der Waals surface area contributed by atoms with E-state index in [4.69, 9.17) is 9.84 Å². The average molecular weight is 372 g/mol. The lowest BCUT2D eigenvalue weighted by Crippen LogP contribution is -2.42. The number of nitrogens with zero attached hydrogens (tertiary/aromatic N) is 1. The van der Waals surface area contributed by atoms with Crippen molar-refractivity contribution in [2.45, 2.75) is 25.3 Å². The maximum atomic E-state index is 11.8. The third-order valence-electron chi connectivity index (χ3n) is 3.14. The lowest BCUT2D eigenvalue weighted by atomic mass is 10.1. The van der Waals surface area contributed by atoms with Crippen molar-refractivity contribution in [1.82, 2.24) is 5.32 Å². The topological polar surface area (TPSA) is 128 Å². The van der Waals surface area contributed by atoms with Crippen LogP contribution in [0.2, 0.25) is 0 Å². The Labute approximate surface area is 148 Å². The van der Waals surface area contributed by atoms with Gasteiger partial charge in [0.1, 0.15) is 11.8 Å². The molecule has 1 rings (SSSR count). The normalized spacial score (nSPS) is 11.4. The van der Waals surface area contributed by atoms with E-state index in [9.17, 15) is 19.7 Å². The van der Waals surface area contributed by atoms with Crippen molar-refractivity contribution in [1.29, 1.82) is 0 Å². The summed E-state index contributed by atoms with van der Waals surface area (Å²) in [6, 6.07) is 5.58. The fraction of sp³-hybridized carbons (Fsp3) is 0.467. The van der Waals surface area contributed by atoms with Gasteiger partial charge in [0.15, 0.2) is 0 Å². The molecule has 9 nitrogen and oxygen atoms in total. The van der Waals surface area contributed by atoms with Gasteiger partial charge in [-0.2, -0.15) is 11.8 Å². The zero-order valence-electron chi connectivity index (χ0n) is 13.7. The van der Waals surface area contributed by atoms with Gasteiger partial charge in [0.25, 0.3) is 5.09 Å². The molecule has 1 aromatic rings. The molecule has 0 bridgehead atoms. The zero-order chi connectivity index (χ0) is 18.7. The van der Waals surface area contributed by atoms with Gasteiger partial charge >= 0.3 is 12.1 Å². The number of benzene rings is 1. The van der Waals surface area contributed by atoms with Gasteiger partial charge in [-0.25, -0.2) is 9.59 Å². The van der Waals surface area contributed by atoms with Crippen LogP contribution in [0.5, 0.6) is 5.75 Å². The van der Waals surface area contributed by atoms with Gasteiger partial charge in [0.2, 0.25) is 0 Å². The van der Waals surface area contributed by atoms with Crippen LogP contribution in [0.3, 0.4) is 0 Å². The number of rotatable bonds is 11. The Balaban J connectivity index is 2.44. The molecule has 25 heavy (non-hydrogen) atoms. The number of nitrogens with one attached hydrogen (secondary N) is 1. The van der Waals surface area contributed by atoms with Gasteiger partial charge in [0, 0.05) is 0 Å². The molecule has 1 atom stereocenters. The van der Waals surface area contributed by atoms with Crippen LogP contribution in [-0.2, 0) is 16.1 Å². The molecular weight excluding hydrogens is 352 g/mol. The molecule has 0 aliphatic rings. The minimum atomic E-state index is -1.11. The Morgan fingerprint density at radius 1 is 1.36 bits per heavy atom. The van der Waals surface area contributed by atoms with Gasteiger partial charge < -0.3 is 20.0 Å². The maximum Gasteiger partial charge on any atom is 0.413 e. The second-order valence-corrected chi connectivity index (χ2v) is 6.00. The van der Waals surface area contributed by atoms with Crippen molar-refractivity contribution in [2.24, 2.45) is 0 Å². The average Bonchev–Trinajstić information content (AvgIpc) is 2.56. The minimum Gasteiger partial charge on any atom is -0.480 e. The number of aliphatic carboxylic acids is 1. The quantitative estimate of drug-likeness (QED) is 0.343. The smallest absolute Gasteiger partial charge is 0.413 e. The summed E-state index contributed by atoms with van der Waals surface area (Å²) in [7, 11) is 0. The Morgan fingerprint density at radius 2 is 2.04 bits per heavy atom. The molecule has 0 radical (unpaired) electrons. The van der Waals surface area contributed by atoms with E-state index in [1.807, 2.05) is 6.26 Å². The second kappa shape index (κ2) is 11.1. The van der Waals surface area contributed by atoms with Crippen LogP contribution in [-0.4, -0.2) is 46.9 Å². The number of hydrogen-bond donors (Lipinski definition) is 2. The van der Waals surface area contributed by atoms with Crippen LogP contribution in [0.4, 0.5) is 4.79 Å².